The van der Waals surface area contributed by atoms with Gasteiger partial charge in [-0.3, -0.25) is 14.4 Å². The molecule has 2 fully saturated rings. The van der Waals surface area contributed by atoms with Crippen LogP contribution in [0.4, 0.5) is 0 Å². The number of hydrogen-bond acceptors (Lipinski definition) is 8. The van der Waals surface area contributed by atoms with Gasteiger partial charge < -0.3 is 29.5 Å². The minimum Gasteiger partial charge on any atom is -0.506 e. The smallest absolute Gasteiger partial charge is 0.248 e. The number of carbonyl (C=O) groups excluding carboxylic acids is 3. The predicted molar refractivity (Wildman–Crippen MR) is 198 cm³/mol. The van der Waals surface area contributed by atoms with Crippen LogP contribution in [0.15, 0.2) is 52.7 Å². The van der Waals surface area contributed by atoms with Crippen LogP contribution in [0.1, 0.15) is 103 Å². The number of likely N-dealkylation sites (N-methyl/N-ethyl adjacent to an activating group) is 2. The van der Waals surface area contributed by atoms with Crippen molar-refractivity contribution in [2.24, 2.45) is 11.8 Å². The van der Waals surface area contributed by atoms with Gasteiger partial charge in [0.15, 0.2) is 22.8 Å². The molecule has 1 spiro atoms. The van der Waals surface area contributed by atoms with E-state index in [1.54, 1.807) is 31.0 Å². The van der Waals surface area contributed by atoms with E-state index in [0.29, 0.717) is 60.4 Å². The highest BCUT2D eigenvalue weighted by Gasteiger charge is 2.81. The average molecular weight is 699 g/mol. The van der Waals surface area contributed by atoms with Gasteiger partial charge in [-0.05, 0) is 100 Å². The van der Waals surface area contributed by atoms with Crippen LogP contribution in [0.5, 0.6) is 17.2 Å². The zero-order chi connectivity index (χ0) is 37.3. The van der Waals surface area contributed by atoms with Crippen LogP contribution in [0, 0.1) is 11.8 Å². The zero-order valence-electron chi connectivity index (χ0n) is 31.9. The fourth-order valence-electron chi connectivity index (χ4n) is 8.85. The predicted octanol–water partition coefficient (Wildman–Crippen LogP) is 6.83. The third-order valence-electron chi connectivity index (χ3n) is 11.5. The summed E-state index contributed by atoms with van der Waals surface area (Å²) in [5, 5.41) is 15.0. The Hall–Kier alpha value is -3.95. The Kier molecular flexibility index (Phi) is 9.33. The van der Waals surface area contributed by atoms with E-state index in [-0.39, 0.29) is 46.9 Å². The Morgan fingerprint density at radius 3 is 2.41 bits per heavy atom. The fourth-order valence-corrected chi connectivity index (χ4v) is 8.85. The van der Waals surface area contributed by atoms with Gasteiger partial charge in [-0.2, -0.15) is 0 Å². The molecule has 0 radical (unpaired) electrons. The molecule has 3 aliphatic carbocycles. The summed E-state index contributed by atoms with van der Waals surface area (Å²) in [7, 11) is 3.58. The molecule has 1 aromatic rings. The number of amides is 1. The summed E-state index contributed by atoms with van der Waals surface area (Å²) in [6, 6.07) is 0. The topological polar surface area (TPSA) is 114 Å². The Bertz CT molecular complexity index is 1840. The first-order valence-corrected chi connectivity index (χ1v) is 18.3. The number of carbonyl (C=O) groups is 3. The lowest BCUT2D eigenvalue weighted by Gasteiger charge is -2.56. The molecule has 274 valence electrons. The lowest BCUT2D eigenvalue weighted by Crippen LogP contribution is -2.72. The van der Waals surface area contributed by atoms with E-state index in [2.05, 4.69) is 31.3 Å². The molecule has 9 nitrogen and oxygen atoms in total. The number of ether oxygens (including phenoxy) is 3. The quantitative estimate of drug-likeness (QED) is 0.191. The molecule has 6 aliphatic rings. The maximum absolute atomic E-state index is 14.9. The van der Waals surface area contributed by atoms with Crippen molar-refractivity contribution in [3.8, 4) is 17.2 Å². The van der Waals surface area contributed by atoms with Crippen LogP contribution in [0.2, 0.25) is 0 Å². The van der Waals surface area contributed by atoms with Crippen molar-refractivity contribution >= 4 is 23.5 Å². The molecule has 1 amide bonds. The number of aromatic hydroxyl groups is 1. The van der Waals surface area contributed by atoms with Crippen LogP contribution >= 0.6 is 0 Å². The standard InChI is InChI=1S/C42H54N2O7/c1-24(2)12-11-17-40(8)18-16-28-33(45)32-34(46)30-22-27-23-31-39(6,7)51-41(37(27)47,19-15-26(5)38(48)44(10)21-20-43-9)42(30,31)50-36(32)29(35(28)49-40)14-13-25(3)4/h12-13,15-16,18,22,27,31,43,45H,11,14,17,19-21,23H2,1-10H3/b26-15-. The van der Waals surface area contributed by atoms with Crippen molar-refractivity contribution < 1.29 is 33.7 Å². The van der Waals surface area contributed by atoms with Gasteiger partial charge >= 0.3 is 0 Å². The highest BCUT2D eigenvalue weighted by Crippen LogP contribution is 2.68. The summed E-state index contributed by atoms with van der Waals surface area (Å²) in [5.74, 6) is -1.05. The second-order valence-corrected chi connectivity index (χ2v) is 16.3. The summed E-state index contributed by atoms with van der Waals surface area (Å²) < 4.78 is 21.0. The van der Waals surface area contributed by atoms with Gasteiger partial charge in [-0.15, -0.1) is 0 Å². The van der Waals surface area contributed by atoms with Gasteiger partial charge in [0.05, 0.1) is 11.2 Å². The zero-order valence-corrected chi connectivity index (χ0v) is 31.9. The van der Waals surface area contributed by atoms with E-state index >= 15 is 0 Å². The van der Waals surface area contributed by atoms with Crippen LogP contribution < -0.4 is 14.8 Å². The number of phenols is 1. The highest BCUT2D eigenvalue weighted by molar-refractivity contribution is 6.19. The van der Waals surface area contributed by atoms with E-state index in [9.17, 15) is 19.5 Å². The summed E-state index contributed by atoms with van der Waals surface area (Å²) in [5.41, 5.74) is -0.220. The van der Waals surface area contributed by atoms with Gasteiger partial charge in [-0.25, -0.2) is 0 Å². The van der Waals surface area contributed by atoms with Gasteiger partial charge in [0, 0.05) is 55.1 Å². The van der Waals surface area contributed by atoms with Crippen LogP contribution in [-0.2, 0) is 20.7 Å². The third-order valence-corrected chi connectivity index (χ3v) is 11.5. The molecule has 4 bridgehead atoms. The molecule has 1 saturated heterocycles. The lowest BCUT2D eigenvalue weighted by atomic mass is 9.51. The number of phenolic OH excluding ortho intramolecular Hbond substituents is 1. The maximum atomic E-state index is 14.9. The number of nitrogens with one attached hydrogen (secondary N) is 1. The number of benzene rings is 1. The summed E-state index contributed by atoms with van der Waals surface area (Å²) in [6.45, 7) is 17.0. The first-order valence-electron chi connectivity index (χ1n) is 18.3. The Labute approximate surface area is 302 Å². The highest BCUT2D eigenvalue weighted by atomic mass is 16.6. The molecule has 0 aromatic heterocycles. The summed E-state index contributed by atoms with van der Waals surface area (Å²) in [6.07, 6.45) is 14.0. The maximum Gasteiger partial charge on any atom is 0.248 e. The van der Waals surface area contributed by atoms with Gasteiger partial charge in [0.25, 0.3) is 0 Å². The number of hydrogen-bond donors (Lipinski definition) is 2. The molecule has 1 aromatic carbocycles. The van der Waals surface area contributed by atoms with Crippen LogP contribution in [0.3, 0.4) is 0 Å². The first-order chi connectivity index (χ1) is 23.9. The van der Waals surface area contributed by atoms with Gasteiger partial charge in [-0.1, -0.05) is 35.5 Å². The van der Waals surface area contributed by atoms with Crippen molar-refractivity contribution in [2.75, 3.05) is 27.2 Å². The summed E-state index contributed by atoms with van der Waals surface area (Å²) in [4.78, 5) is 44.5. The van der Waals surface area contributed by atoms with Crippen molar-refractivity contribution in [2.45, 2.75) is 110 Å². The molecule has 2 N–H and O–H groups in total. The normalized spacial score (nSPS) is 29.3. The van der Waals surface area contributed by atoms with Crippen molar-refractivity contribution in [1.82, 2.24) is 10.2 Å². The molecular weight excluding hydrogens is 644 g/mol. The molecule has 51 heavy (non-hydrogen) atoms. The van der Waals surface area contributed by atoms with Gasteiger partial charge in [0.1, 0.15) is 28.4 Å². The largest absolute Gasteiger partial charge is 0.506 e. The number of Topliss-reactive ketones (excluding diaryl/α,β-unsaturated/α-hetero) is 2. The number of rotatable bonds is 11. The fraction of sp³-hybridized carbons (Fsp3) is 0.548. The molecule has 9 heteroatoms. The number of allylic oxidation sites excluding steroid dienone is 5. The van der Waals surface area contributed by atoms with E-state index in [4.69, 9.17) is 14.2 Å². The Balaban J connectivity index is 1.53. The lowest BCUT2D eigenvalue weighted by molar-refractivity contribution is -0.171. The minimum absolute atomic E-state index is 0.0571. The molecule has 7 rings (SSSR count). The summed E-state index contributed by atoms with van der Waals surface area (Å²) >= 11 is 0. The second kappa shape index (κ2) is 12.9. The monoisotopic (exact) mass is 698 g/mol. The van der Waals surface area contributed by atoms with Crippen LogP contribution in [-0.4, -0.2) is 77.1 Å². The van der Waals surface area contributed by atoms with Crippen molar-refractivity contribution in [1.29, 1.82) is 0 Å². The molecular formula is C42H54N2O7. The first kappa shape index (κ1) is 36.8. The third kappa shape index (κ3) is 5.71. The van der Waals surface area contributed by atoms with E-state index in [1.807, 2.05) is 53.8 Å². The molecule has 1 saturated carbocycles. The molecule has 5 atom stereocenters. The van der Waals surface area contributed by atoms with E-state index in [1.165, 1.54) is 5.57 Å². The second-order valence-electron chi connectivity index (χ2n) is 16.3. The Morgan fingerprint density at radius 2 is 1.75 bits per heavy atom. The number of ketones is 2. The molecule has 3 aliphatic heterocycles. The van der Waals surface area contributed by atoms with Crippen molar-refractivity contribution in [3.05, 3.63) is 69.4 Å². The van der Waals surface area contributed by atoms with Crippen molar-refractivity contribution in [3.63, 3.8) is 0 Å². The number of fused-ring (bicyclic) bond motifs is 2. The average Bonchev–Trinajstić information content (AvgIpc) is 3.22. The van der Waals surface area contributed by atoms with Gasteiger partial charge in [0.2, 0.25) is 5.91 Å². The molecule has 5 unspecified atom stereocenters. The minimum atomic E-state index is -1.56. The van der Waals surface area contributed by atoms with Crippen LogP contribution in [0.25, 0.3) is 6.08 Å². The SMILES string of the molecule is CNCCN(C)C(=O)/C(C)=C\CC12OC(C)(C)C3CC(C=C4C(=O)c5c(O)c6c(c(CC=C(C)C)c5OC431)OC(C)(CCC=C(C)C)C=C6)C2=O. The Morgan fingerprint density at radius 1 is 1.04 bits per heavy atom. The molecule has 3 heterocycles. The number of nitrogens with zero attached hydrogens (tertiary/aromatic N) is 1. The van der Waals surface area contributed by atoms with E-state index < -0.39 is 28.3 Å². The van der Waals surface area contributed by atoms with E-state index in [0.717, 1.165) is 12.0 Å².